The van der Waals surface area contributed by atoms with E-state index in [1.165, 1.54) is 0 Å². The standard InChI is InChI=1S/C10H17NO4/c1-2-15-10(14)8(9(12)13)5-7-3-4-11-6-7/h7-8,11H,2-6H2,1H3,(H,12,13). The van der Waals surface area contributed by atoms with E-state index in [0.717, 1.165) is 19.5 Å². The molecule has 1 rings (SSSR count). The number of carbonyl (C=O) groups is 2. The van der Waals surface area contributed by atoms with Crippen LogP contribution >= 0.6 is 0 Å². The zero-order chi connectivity index (χ0) is 11.3. The maximum atomic E-state index is 11.3. The number of carboxylic acids is 1. The van der Waals surface area contributed by atoms with Gasteiger partial charge in [0.05, 0.1) is 6.61 Å². The molecule has 2 N–H and O–H groups in total. The molecule has 1 fully saturated rings. The summed E-state index contributed by atoms with van der Waals surface area (Å²) in [5.74, 6) is -2.43. The maximum absolute atomic E-state index is 11.3. The first kappa shape index (κ1) is 12.0. The number of carboxylic acid groups (broad SMARTS) is 1. The fourth-order valence-corrected chi connectivity index (χ4v) is 1.79. The van der Waals surface area contributed by atoms with E-state index in [1.54, 1.807) is 6.92 Å². The van der Waals surface area contributed by atoms with Gasteiger partial charge in [-0.2, -0.15) is 0 Å². The van der Waals surface area contributed by atoms with Gasteiger partial charge in [0.1, 0.15) is 0 Å². The summed E-state index contributed by atoms with van der Waals surface area (Å²) in [7, 11) is 0. The van der Waals surface area contributed by atoms with Crippen LogP contribution in [0.2, 0.25) is 0 Å². The molecule has 0 aromatic rings. The summed E-state index contributed by atoms with van der Waals surface area (Å²) in [5.41, 5.74) is 0. The molecule has 0 bridgehead atoms. The molecule has 0 aromatic carbocycles. The minimum absolute atomic E-state index is 0.228. The van der Waals surface area contributed by atoms with Gasteiger partial charge in [0.15, 0.2) is 5.92 Å². The molecule has 1 aliphatic rings. The molecule has 5 nitrogen and oxygen atoms in total. The summed E-state index contributed by atoms with van der Waals surface area (Å²) in [5, 5.41) is 12.1. The van der Waals surface area contributed by atoms with Crippen LogP contribution in [0.15, 0.2) is 0 Å². The first-order valence-corrected chi connectivity index (χ1v) is 5.25. The van der Waals surface area contributed by atoms with Crippen molar-refractivity contribution in [3.05, 3.63) is 0 Å². The van der Waals surface area contributed by atoms with E-state index < -0.39 is 17.9 Å². The third-order valence-electron chi connectivity index (χ3n) is 2.60. The van der Waals surface area contributed by atoms with Gasteiger partial charge in [-0.05, 0) is 38.8 Å². The first-order valence-electron chi connectivity index (χ1n) is 5.25. The minimum Gasteiger partial charge on any atom is -0.481 e. The van der Waals surface area contributed by atoms with E-state index in [2.05, 4.69) is 5.32 Å². The lowest BCUT2D eigenvalue weighted by atomic mass is 9.94. The highest BCUT2D eigenvalue weighted by Crippen LogP contribution is 2.19. The van der Waals surface area contributed by atoms with Gasteiger partial charge in [0.2, 0.25) is 0 Å². The van der Waals surface area contributed by atoms with Crippen LogP contribution in [0.5, 0.6) is 0 Å². The van der Waals surface area contributed by atoms with E-state index in [4.69, 9.17) is 9.84 Å². The largest absolute Gasteiger partial charge is 0.481 e. The lowest BCUT2D eigenvalue weighted by Gasteiger charge is -2.14. The lowest BCUT2D eigenvalue weighted by molar-refractivity contribution is -0.159. The van der Waals surface area contributed by atoms with Gasteiger partial charge in [0.25, 0.3) is 0 Å². The fraction of sp³-hybridized carbons (Fsp3) is 0.800. The molecule has 5 heteroatoms. The topological polar surface area (TPSA) is 75.6 Å². The highest BCUT2D eigenvalue weighted by molar-refractivity contribution is 5.93. The van der Waals surface area contributed by atoms with Gasteiger partial charge in [-0.25, -0.2) is 0 Å². The molecule has 0 spiro atoms. The molecule has 0 radical (unpaired) electrons. The predicted octanol–water partition coefficient (Wildman–Crippen LogP) is 0.250. The number of hydrogen-bond acceptors (Lipinski definition) is 4. The molecule has 0 aliphatic carbocycles. The Bertz CT molecular complexity index is 236. The van der Waals surface area contributed by atoms with Crippen molar-refractivity contribution in [2.24, 2.45) is 11.8 Å². The van der Waals surface area contributed by atoms with Gasteiger partial charge in [-0.3, -0.25) is 9.59 Å². The zero-order valence-electron chi connectivity index (χ0n) is 8.86. The number of ether oxygens (including phenoxy) is 1. The Hall–Kier alpha value is -1.10. The van der Waals surface area contributed by atoms with Crippen LogP contribution in [-0.4, -0.2) is 36.7 Å². The molecule has 1 saturated heterocycles. The summed E-state index contributed by atoms with van der Waals surface area (Å²) in [4.78, 5) is 22.2. The second-order valence-corrected chi connectivity index (χ2v) is 3.74. The number of esters is 1. The fourth-order valence-electron chi connectivity index (χ4n) is 1.79. The van der Waals surface area contributed by atoms with Crippen molar-refractivity contribution in [2.45, 2.75) is 19.8 Å². The van der Waals surface area contributed by atoms with E-state index in [-0.39, 0.29) is 12.5 Å². The van der Waals surface area contributed by atoms with Crippen molar-refractivity contribution < 1.29 is 19.4 Å². The summed E-state index contributed by atoms with van der Waals surface area (Å²) < 4.78 is 4.74. The monoisotopic (exact) mass is 215 g/mol. The van der Waals surface area contributed by atoms with Gasteiger partial charge in [-0.15, -0.1) is 0 Å². The van der Waals surface area contributed by atoms with Crippen molar-refractivity contribution in [1.29, 1.82) is 0 Å². The van der Waals surface area contributed by atoms with Crippen molar-refractivity contribution in [3.8, 4) is 0 Å². The number of aliphatic carboxylic acids is 1. The normalized spacial score (nSPS) is 22.3. The molecule has 1 aliphatic heterocycles. The van der Waals surface area contributed by atoms with Crippen molar-refractivity contribution in [1.82, 2.24) is 5.32 Å². The maximum Gasteiger partial charge on any atom is 0.320 e. The smallest absolute Gasteiger partial charge is 0.320 e. The Morgan fingerprint density at radius 1 is 1.60 bits per heavy atom. The number of carbonyl (C=O) groups excluding carboxylic acids is 1. The second-order valence-electron chi connectivity index (χ2n) is 3.74. The molecule has 0 amide bonds. The van der Waals surface area contributed by atoms with Crippen LogP contribution in [0.1, 0.15) is 19.8 Å². The molecule has 2 atom stereocenters. The molecule has 0 aromatic heterocycles. The van der Waals surface area contributed by atoms with Crippen LogP contribution in [0, 0.1) is 11.8 Å². The highest BCUT2D eigenvalue weighted by Gasteiger charge is 2.31. The van der Waals surface area contributed by atoms with Crippen LogP contribution < -0.4 is 5.32 Å². The Morgan fingerprint density at radius 3 is 2.80 bits per heavy atom. The third kappa shape index (κ3) is 3.51. The summed E-state index contributed by atoms with van der Waals surface area (Å²) in [6.07, 6.45) is 1.31. The summed E-state index contributed by atoms with van der Waals surface area (Å²) in [6, 6.07) is 0. The number of hydrogen-bond donors (Lipinski definition) is 2. The predicted molar refractivity (Wildman–Crippen MR) is 53.4 cm³/mol. The Balaban J connectivity index is 2.49. The number of rotatable bonds is 5. The van der Waals surface area contributed by atoms with Crippen molar-refractivity contribution in [2.75, 3.05) is 19.7 Å². The van der Waals surface area contributed by atoms with E-state index >= 15 is 0 Å². The summed E-state index contributed by atoms with van der Waals surface area (Å²) >= 11 is 0. The van der Waals surface area contributed by atoms with Crippen molar-refractivity contribution in [3.63, 3.8) is 0 Å². The minimum atomic E-state index is -1.08. The van der Waals surface area contributed by atoms with Crippen LogP contribution in [0.3, 0.4) is 0 Å². The summed E-state index contributed by atoms with van der Waals surface area (Å²) in [6.45, 7) is 3.60. The lowest BCUT2D eigenvalue weighted by Crippen LogP contribution is -2.28. The molecule has 15 heavy (non-hydrogen) atoms. The quantitative estimate of drug-likeness (QED) is 0.508. The average molecular weight is 215 g/mol. The average Bonchev–Trinajstić information content (AvgIpc) is 2.66. The Kier molecular flexibility index (Phi) is 4.55. The van der Waals surface area contributed by atoms with Gasteiger partial charge < -0.3 is 15.2 Å². The van der Waals surface area contributed by atoms with E-state index in [0.29, 0.717) is 6.42 Å². The van der Waals surface area contributed by atoms with Crippen LogP contribution in [0.4, 0.5) is 0 Å². The van der Waals surface area contributed by atoms with Crippen LogP contribution in [-0.2, 0) is 14.3 Å². The molecule has 2 unspecified atom stereocenters. The van der Waals surface area contributed by atoms with Crippen LogP contribution in [0.25, 0.3) is 0 Å². The van der Waals surface area contributed by atoms with Gasteiger partial charge in [-0.1, -0.05) is 0 Å². The van der Waals surface area contributed by atoms with E-state index in [9.17, 15) is 9.59 Å². The van der Waals surface area contributed by atoms with Gasteiger partial charge in [0, 0.05) is 0 Å². The molecular weight excluding hydrogens is 198 g/mol. The molecule has 0 saturated carbocycles. The zero-order valence-corrected chi connectivity index (χ0v) is 8.86. The third-order valence-corrected chi connectivity index (χ3v) is 2.60. The first-order chi connectivity index (χ1) is 7.15. The Labute approximate surface area is 88.8 Å². The highest BCUT2D eigenvalue weighted by atomic mass is 16.5. The molecule has 86 valence electrons. The molecular formula is C10H17NO4. The number of nitrogens with one attached hydrogen (secondary N) is 1. The van der Waals surface area contributed by atoms with E-state index in [1.807, 2.05) is 0 Å². The van der Waals surface area contributed by atoms with Gasteiger partial charge >= 0.3 is 11.9 Å². The van der Waals surface area contributed by atoms with Crippen molar-refractivity contribution >= 4 is 11.9 Å². The Morgan fingerprint density at radius 2 is 2.33 bits per heavy atom. The second kappa shape index (κ2) is 5.70. The molecule has 1 heterocycles. The SMILES string of the molecule is CCOC(=O)C(CC1CCNC1)C(=O)O.